The lowest BCUT2D eigenvalue weighted by Crippen LogP contribution is -2.45. The third-order valence-electron chi connectivity index (χ3n) is 4.45. The van der Waals surface area contributed by atoms with Crippen LogP contribution in [0.15, 0.2) is 12.3 Å². The summed E-state index contributed by atoms with van der Waals surface area (Å²) in [4.78, 5) is 2.40. The fraction of sp³-hybridized carbons (Fsp3) is 0.800. The third-order valence-corrected chi connectivity index (χ3v) is 4.45. The molecule has 0 spiro atoms. The summed E-state index contributed by atoms with van der Waals surface area (Å²) < 4.78 is 2.01. The third kappa shape index (κ3) is 3.57. The topological polar surface area (TPSA) is 41.3 Å². The quantitative estimate of drug-likeness (QED) is 0.887. The van der Waals surface area contributed by atoms with Gasteiger partial charge in [0.1, 0.15) is 0 Å². The Hall–Kier alpha value is -0.870. The summed E-state index contributed by atoms with van der Waals surface area (Å²) in [5, 5.41) is 15.3. The second-order valence-electron chi connectivity index (χ2n) is 5.88. The largest absolute Gasteiger partial charge is 0.389 e. The van der Waals surface area contributed by atoms with Gasteiger partial charge in [-0.2, -0.15) is 5.10 Å². The van der Waals surface area contributed by atoms with E-state index in [1.807, 2.05) is 10.9 Å². The van der Waals surface area contributed by atoms with Gasteiger partial charge in [-0.3, -0.25) is 4.68 Å². The average Bonchev–Trinajstić information content (AvgIpc) is 2.86. The van der Waals surface area contributed by atoms with Crippen LogP contribution in [0.25, 0.3) is 0 Å². The Bertz CT molecular complexity index is 394. The predicted octanol–water partition coefficient (Wildman–Crippen LogP) is 2.24. The minimum Gasteiger partial charge on any atom is -0.389 e. The zero-order valence-corrected chi connectivity index (χ0v) is 12.5. The number of aliphatic hydroxyl groups is 1. The first-order chi connectivity index (χ1) is 9.06. The van der Waals surface area contributed by atoms with Crippen molar-refractivity contribution < 1.29 is 5.11 Å². The van der Waals surface area contributed by atoms with E-state index >= 15 is 0 Å². The van der Waals surface area contributed by atoms with Gasteiger partial charge in [-0.15, -0.1) is 0 Å². The van der Waals surface area contributed by atoms with E-state index in [9.17, 15) is 5.11 Å². The van der Waals surface area contributed by atoms with Crippen molar-refractivity contribution in [3.8, 4) is 0 Å². The highest BCUT2D eigenvalue weighted by molar-refractivity contribution is 5.05. The molecular formula is C15H27N3O. The molecule has 19 heavy (non-hydrogen) atoms. The number of piperidine rings is 1. The van der Waals surface area contributed by atoms with E-state index < -0.39 is 5.60 Å². The Morgan fingerprint density at radius 3 is 2.63 bits per heavy atom. The number of rotatable bonds is 5. The van der Waals surface area contributed by atoms with Gasteiger partial charge in [0.05, 0.1) is 11.3 Å². The number of hydrogen-bond donors (Lipinski definition) is 1. The maximum Gasteiger partial charge on any atom is 0.0728 e. The first-order valence-electron chi connectivity index (χ1n) is 7.55. The molecular weight excluding hydrogens is 238 g/mol. The molecule has 1 aliphatic heterocycles. The van der Waals surface area contributed by atoms with Crippen LogP contribution in [0.3, 0.4) is 0 Å². The molecule has 1 N–H and O–H groups in total. The molecule has 4 nitrogen and oxygen atoms in total. The van der Waals surface area contributed by atoms with Crippen LogP contribution in [0.1, 0.15) is 51.8 Å². The van der Waals surface area contributed by atoms with Gasteiger partial charge in [0.25, 0.3) is 0 Å². The summed E-state index contributed by atoms with van der Waals surface area (Å²) >= 11 is 0. The molecule has 2 heterocycles. The fourth-order valence-electron chi connectivity index (χ4n) is 2.70. The summed E-state index contributed by atoms with van der Waals surface area (Å²) in [6.45, 7) is 9.60. The van der Waals surface area contributed by atoms with Crippen molar-refractivity contribution in [2.45, 2.75) is 58.1 Å². The van der Waals surface area contributed by atoms with Crippen LogP contribution < -0.4 is 0 Å². The number of hydrogen-bond acceptors (Lipinski definition) is 3. The Kier molecular flexibility index (Phi) is 4.63. The van der Waals surface area contributed by atoms with Crippen LogP contribution >= 0.6 is 0 Å². The van der Waals surface area contributed by atoms with E-state index in [1.165, 1.54) is 0 Å². The first-order valence-corrected chi connectivity index (χ1v) is 7.55. The molecule has 1 saturated heterocycles. The SMILES string of the molecule is CCC(C)n1ccc(CC2(O)CCN(CC)CC2)n1. The first kappa shape index (κ1) is 14.5. The molecule has 0 aromatic carbocycles. The van der Waals surface area contributed by atoms with Crippen molar-refractivity contribution in [2.75, 3.05) is 19.6 Å². The van der Waals surface area contributed by atoms with Gasteiger partial charge in [-0.1, -0.05) is 13.8 Å². The highest BCUT2D eigenvalue weighted by Gasteiger charge is 2.32. The average molecular weight is 265 g/mol. The van der Waals surface area contributed by atoms with Gasteiger partial charge in [-0.25, -0.2) is 0 Å². The van der Waals surface area contributed by atoms with Gasteiger partial charge in [-0.05, 0) is 38.8 Å². The van der Waals surface area contributed by atoms with Crippen LogP contribution in [0, 0.1) is 0 Å². The van der Waals surface area contributed by atoms with Gasteiger partial charge in [0.2, 0.25) is 0 Å². The Labute approximate surface area is 116 Å². The highest BCUT2D eigenvalue weighted by Crippen LogP contribution is 2.26. The fourth-order valence-corrected chi connectivity index (χ4v) is 2.70. The van der Waals surface area contributed by atoms with E-state index in [4.69, 9.17) is 0 Å². The molecule has 1 aromatic rings. The monoisotopic (exact) mass is 265 g/mol. The summed E-state index contributed by atoms with van der Waals surface area (Å²) in [7, 11) is 0. The Balaban J connectivity index is 1.95. The van der Waals surface area contributed by atoms with Crippen LogP contribution in [-0.2, 0) is 6.42 Å². The van der Waals surface area contributed by atoms with Gasteiger partial charge in [0.15, 0.2) is 0 Å². The number of nitrogens with zero attached hydrogens (tertiary/aromatic N) is 3. The molecule has 0 radical (unpaired) electrons. The van der Waals surface area contributed by atoms with Crippen molar-refractivity contribution in [3.05, 3.63) is 18.0 Å². The standard InChI is InChI=1S/C15H27N3O/c1-4-13(3)18-9-6-14(16-18)12-15(19)7-10-17(5-2)11-8-15/h6,9,13,19H,4-5,7-8,10-12H2,1-3H3. The van der Waals surface area contributed by atoms with Crippen LogP contribution in [0.2, 0.25) is 0 Å². The van der Waals surface area contributed by atoms with Crippen LogP contribution in [-0.4, -0.2) is 45.0 Å². The number of likely N-dealkylation sites (tertiary alicyclic amines) is 1. The van der Waals surface area contributed by atoms with Crippen molar-refractivity contribution >= 4 is 0 Å². The zero-order chi connectivity index (χ0) is 13.9. The molecule has 0 bridgehead atoms. The summed E-state index contributed by atoms with van der Waals surface area (Å²) in [6.07, 6.45) is 5.52. The minimum absolute atomic E-state index is 0.435. The van der Waals surface area contributed by atoms with Crippen molar-refractivity contribution in [3.63, 3.8) is 0 Å². The lowest BCUT2D eigenvalue weighted by atomic mass is 9.87. The minimum atomic E-state index is -0.555. The van der Waals surface area contributed by atoms with Crippen molar-refractivity contribution in [1.29, 1.82) is 0 Å². The molecule has 0 amide bonds. The molecule has 1 fully saturated rings. The number of aromatic nitrogens is 2. The molecule has 0 aliphatic carbocycles. The van der Waals surface area contributed by atoms with E-state index in [-0.39, 0.29) is 0 Å². The summed E-state index contributed by atoms with van der Waals surface area (Å²) in [5.41, 5.74) is 0.466. The van der Waals surface area contributed by atoms with E-state index in [1.54, 1.807) is 0 Å². The Morgan fingerprint density at radius 1 is 1.37 bits per heavy atom. The molecule has 4 heteroatoms. The summed E-state index contributed by atoms with van der Waals surface area (Å²) in [5.74, 6) is 0. The van der Waals surface area contributed by atoms with Gasteiger partial charge < -0.3 is 10.0 Å². The molecule has 1 unspecified atom stereocenters. The molecule has 1 atom stereocenters. The maximum atomic E-state index is 10.7. The smallest absolute Gasteiger partial charge is 0.0728 e. The Morgan fingerprint density at radius 2 is 2.05 bits per heavy atom. The van der Waals surface area contributed by atoms with E-state index in [2.05, 4.69) is 36.8 Å². The highest BCUT2D eigenvalue weighted by atomic mass is 16.3. The lowest BCUT2D eigenvalue weighted by Gasteiger charge is -2.37. The van der Waals surface area contributed by atoms with Gasteiger partial charge in [0, 0.05) is 31.7 Å². The normalized spacial score (nSPS) is 21.5. The second-order valence-corrected chi connectivity index (χ2v) is 5.88. The second kappa shape index (κ2) is 6.06. The van der Waals surface area contributed by atoms with Crippen molar-refractivity contribution in [1.82, 2.24) is 14.7 Å². The zero-order valence-electron chi connectivity index (χ0n) is 12.5. The lowest BCUT2D eigenvalue weighted by molar-refractivity contribution is -0.0202. The maximum absolute atomic E-state index is 10.7. The van der Waals surface area contributed by atoms with E-state index in [0.29, 0.717) is 12.5 Å². The van der Waals surface area contributed by atoms with Gasteiger partial charge >= 0.3 is 0 Å². The summed E-state index contributed by atoms with van der Waals surface area (Å²) in [6, 6.07) is 2.49. The van der Waals surface area contributed by atoms with Crippen LogP contribution in [0.5, 0.6) is 0 Å². The molecule has 108 valence electrons. The molecule has 2 rings (SSSR count). The molecule has 0 saturated carbocycles. The molecule has 1 aromatic heterocycles. The van der Waals surface area contributed by atoms with E-state index in [0.717, 1.165) is 44.6 Å². The predicted molar refractivity (Wildman–Crippen MR) is 77.2 cm³/mol. The molecule has 1 aliphatic rings. The van der Waals surface area contributed by atoms with Crippen LogP contribution in [0.4, 0.5) is 0 Å². The van der Waals surface area contributed by atoms with Crippen molar-refractivity contribution in [2.24, 2.45) is 0 Å².